The molecule has 1 aliphatic carbocycles. The first kappa shape index (κ1) is 36.2. The summed E-state index contributed by atoms with van der Waals surface area (Å²) in [7, 11) is -3.93. The molecule has 0 aliphatic heterocycles. The lowest BCUT2D eigenvalue weighted by Crippen LogP contribution is -2.55. The third kappa shape index (κ3) is 10.5. The Morgan fingerprint density at radius 1 is 0.857 bits per heavy atom. The number of nitrogens with one attached hydrogen (secondary N) is 1. The Balaban J connectivity index is 1.45. The van der Waals surface area contributed by atoms with Gasteiger partial charge in [-0.15, -0.1) is 0 Å². The van der Waals surface area contributed by atoms with Crippen molar-refractivity contribution in [3.8, 4) is 5.75 Å². The van der Waals surface area contributed by atoms with Crippen molar-refractivity contribution in [3.63, 3.8) is 0 Å². The number of hydrogen-bond donors (Lipinski definition) is 1. The average molecular weight is 723 g/mol. The lowest BCUT2D eigenvalue weighted by Gasteiger charge is -2.35. The van der Waals surface area contributed by atoms with Crippen molar-refractivity contribution in [1.29, 1.82) is 0 Å². The van der Waals surface area contributed by atoms with E-state index in [0.29, 0.717) is 33.7 Å². The molecule has 4 aromatic rings. The molecule has 0 radical (unpaired) electrons. The number of nitrogens with zero attached hydrogens (tertiary/aromatic N) is 2. The highest BCUT2D eigenvalue weighted by Crippen LogP contribution is 2.27. The molecule has 1 atom stereocenters. The zero-order valence-corrected chi connectivity index (χ0v) is 29.8. The van der Waals surface area contributed by atoms with E-state index >= 15 is 0 Å². The van der Waals surface area contributed by atoms with Crippen molar-refractivity contribution in [3.05, 3.63) is 130 Å². The number of ether oxygens (including phenoxy) is 1. The van der Waals surface area contributed by atoms with Crippen LogP contribution in [-0.2, 0) is 39.2 Å². The van der Waals surface area contributed by atoms with Crippen LogP contribution in [0, 0.1) is 0 Å². The summed E-state index contributed by atoms with van der Waals surface area (Å²) in [5.74, 6) is -0.297. The van der Waals surface area contributed by atoms with E-state index in [1.54, 1.807) is 42.5 Å². The normalized spacial score (nSPS) is 14.1. The summed E-state index contributed by atoms with van der Waals surface area (Å²) in [6.07, 6.45) is 6.19. The van der Waals surface area contributed by atoms with Gasteiger partial charge in [-0.05, 0) is 65.9 Å². The summed E-state index contributed by atoms with van der Waals surface area (Å²) in [5.41, 5.74) is 2.72. The van der Waals surface area contributed by atoms with Crippen molar-refractivity contribution in [1.82, 2.24) is 10.2 Å². The summed E-state index contributed by atoms with van der Waals surface area (Å²) in [6, 6.07) is 29.7. The van der Waals surface area contributed by atoms with Gasteiger partial charge in [0.1, 0.15) is 24.9 Å². The maximum Gasteiger partial charge on any atom is 0.244 e. The first-order valence-corrected chi connectivity index (χ1v) is 19.0. The standard InChI is InChI=1S/C38H41Cl2N3O5S/c1-49(46,47)43(33-19-21-34(22-20-33)48-27-29-13-7-3-8-14-29)26-37(44)42(25-30-17-18-31(39)24-35(30)40)36(23-28-11-5-2-6-12-28)38(45)41-32-15-9-4-10-16-32/h2-3,5-8,11-14,17-22,24,32,36H,4,9-10,15-16,23,25-27H2,1H3,(H,41,45)/t36-/m0/s1. The molecule has 1 N–H and O–H groups in total. The molecule has 0 bridgehead atoms. The van der Waals surface area contributed by atoms with Crippen LogP contribution in [0.5, 0.6) is 5.75 Å². The number of amides is 2. The minimum absolute atomic E-state index is 0.00531. The van der Waals surface area contributed by atoms with Crippen LogP contribution in [-0.4, -0.2) is 50.0 Å². The molecule has 1 saturated carbocycles. The van der Waals surface area contributed by atoms with Gasteiger partial charge in [0.25, 0.3) is 0 Å². The number of hydrogen-bond acceptors (Lipinski definition) is 5. The molecule has 0 unspecified atom stereocenters. The summed E-state index contributed by atoms with van der Waals surface area (Å²) >= 11 is 12.8. The number of sulfonamides is 1. The molecule has 4 aromatic carbocycles. The van der Waals surface area contributed by atoms with Crippen LogP contribution in [0.15, 0.2) is 103 Å². The zero-order chi connectivity index (χ0) is 34.8. The number of carbonyl (C=O) groups excluding carboxylic acids is 2. The van der Waals surface area contributed by atoms with Crippen molar-refractivity contribution in [2.24, 2.45) is 0 Å². The van der Waals surface area contributed by atoms with Gasteiger partial charge in [0.2, 0.25) is 21.8 Å². The van der Waals surface area contributed by atoms with Gasteiger partial charge in [0, 0.05) is 29.1 Å². The Morgan fingerprint density at radius 2 is 1.49 bits per heavy atom. The Hall–Kier alpha value is -4.05. The van der Waals surface area contributed by atoms with E-state index in [-0.39, 0.29) is 24.9 Å². The van der Waals surface area contributed by atoms with Gasteiger partial charge in [0.15, 0.2) is 0 Å². The molecule has 0 saturated heterocycles. The second kappa shape index (κ2) is 17.1. The molecule has 49 heavy (non-hydrogen) atoms. The predicted octanol–water partition coefficient (Wildman–Crippen LogP) is 7.43. The zero-order valence-electron chi connectivity index (χ0n) is 27.4. The maximum atomic E-state index is 14.5. The monoisotopic (exact) mass is 721 g/mol. The van der Waals surface area contributed by atoms with Crippen molar-refractivity contribution < 1.29 is 22.7 Å². The Bertz CT molecular complexity index is 1800. The number of rotatable bonds is 14. The van der Waals surface area contributed by atoms with Crippen LogP contribution in [0.4, 0.5) is 5.69 Å². The van der Waals surface area contributed by atoms with E-state index < -0.39 is 28.5 Å². The minimum Gasteiger partial charge on any atom is -0.489 e. The van der Waals surface area contributed by atoms with Crippen LogP contribution in [0.25, 0.3) is 0 Å². The molecule has 5 rings (SSSR count). The summed E-state index contributed by atoms with van der Waals surface area (Å²) in [6.45, 7) is -0.215. The molecule has 1 fully saturated rings. The fourth-order valence-corrected chi connectivity index (χ4v) is 7.31. The van der Waals surface area contributed by atoms with Gasteiger partial charge in [-0.25, -0.2) is 8.42 Å². The van der Waals surface area contributed by atoms with Gasteiger partial charge < -0.3 is 15.0 Å². The summed E-state index contributed by atoms with van der Waals surface area (Å²) < 4.78 is 33.3. The first-order chi connectivity index (χ1) is 23.6. The number of halogens is 2. The maximum absolute atomic E-state index is 14.5. The second-order valence-corrected chi connectivity index (χ2v) is 15.1. The van der Waals surface area contributed by atoms with Gasteiger partial charge in [-0.1, -0.05) is 109 Å². The smallest absolute Gasteiger partial charge is 0.244 e. The molecule has 258 valence electrons. The fourth-order valence-electron chi connectivity index (χ4n) is 5.99. The van der Waals surface area contributed by atoms with Crippen molar-refractivity contribution in [2.45, 2.75) is 63.8 Å². The van der Waals surface area contributed by atoms with E-state index in [1.165, 1.54) is 4.90 Å². The summed E-state index contributed by atoms with van der Waals surface area (Å²) in [5, 5.41) is 3.96. The lowest BCUT2D eigenvalue weighted by molar-refractivity contribution is -0.140. The molecule has 11 heteroatoms. The third-order valence-electron chi connectivity index (χ3n) is 8.63. The van der Waals surface area contributed by atoms with E-state index in [1.807, 2.05) is 60.7 Å². The van der Waals surface area contributed by atoms with E-state index in [9.17, 15) is 18.0 Å². The third-order valence-corrected chi connectivity index (χ3v) is 10.4. The molecule has 0 aromatic heterocycles. The van der Waals surface area contributed by atoms with Gasteiger partial charge in [-0.2, -0.15) is 0 Å². The van der Waals surface area contributed by atoms with Crippen LogP contribution in [0.2, 0.25) is 10.0 Å². The average Bonchev–Trinajstić information content (AvgIpc) is 3.09. The van der Waals surface area contributed by atoms with Gasteiger partial charge >= 0.3 is 0 Å². The number of carbonyl (C=O) groups is 2. The van der Waals surface area contributed by atoms with Crippen LogP contribution in [0.1, 0.15) is 48.8 Å². The molecule has 1 aliphatic rings. The van der Waals surface area contributed by atoms with Crippen LogP contribution >= 0.6 is 23.2 Å². The first-order valence-electron chi connectivity index (χ1n) is 16.4. The molecule has 8 nitrogen and oxygen atoms in total. The predicted molar refractivity (Wildman–Crippen MR) is 195 cm³/mol. The number of benzene rings is 4. The largest absolute Gasteiger partial charge is 0.489 e. The van der Waals surface area contributed by atoms with Crippen LogP contribution < -0.4 is 14.4 Å². The highest BCUT2D eigenvalue weighted by molar-refractivity contribution is 7.92. The molecular weight excluding hydrogens is 681 g/mol. The highest BCUT2D eigenvalue weighted by atomic mass is 35.5. The second-order valence-electron chi connectivity index (χ2n) is 12.3. The minimum atomic E-state index is -3.93. The summed E-state index contributed by atoms with van der Waals surface area (Å²) in [4.78, 5) is 30.0. The van der Waals surface area contributed by atoms with E-state index in [0.717, 1.165) is 53.8 Å². The van der Waals surface area contributed by atoms with Gasteiger partial charge in [-0.3, -0.25) is 13.9 Å². The van der Waals surface area contributed by atoms with E-state index in [4.69, 9.17) is 27.9 Å². The lowest BCUT2D eigenvalue weighted by atomic mass is 9.94. The van der Waals surface area contributed by atoms with Crippen LogP contribution in [0.3, 0.4) is 0 Å². The fraction of sp³-hybridized carbons (Fsp3) is 0.316. The van der Waals surface area contributed by atoms with E-state index in [2.05, 4.69) is 5.32 Å². The Kier molecular flexibility index (Phi) is 12.6. The molecule has 2 amide bonds. The molecule has 0 spiro atoms. The topological polar surface area (TPSA) is 96.0 Å². The highest BCUT2D eigenvalue weighted by Gasteiger charge is 2.34. The molecule has 0 heterocycles. The molecular formula is C38H41Cl2N3O5S. The van der Waals surface area contributed by atoms with Crippen molar-refractivity contribution in [2.75, 3.05) is 17.1 Å². The van der Waals surface area contributed by atoms with Gasteiger partial charge in [0.05, 0.1) is 11.9 Å². The Morgan fingerprint density at radius 3 is 2.10 bits per heavy atom. The quantitative estimate of drug-likeness (QED) is 0.146. The number of anilines is 1. The Labute approximate surface area is 299 Å². The SMILES string of the molecule is CS(=O)(=O)N(CC(=O)N(Cc1ccc(Cl)cc1Cl)[C@@H](Cc1ccccc1)C(=O)NC1CCCCC1)c1ccc(OCc2ccccc2)cc1. The van der Waals surface area contributed by atoms with Crippen molar-refractivity contribution >= 4 is 50.7 Å².